The number of carbonyl (C=O) groups is 2. The van der Waals surface area contributed by atoms with Gasteiger partial charge < -0.3 is 14.2 Å². The van der Waals surface area contributed by atoms with E-state index in [4.69, 9.17) is 8.83 Å². The van der Waals surface area contributed by atoms with E-state index in [1.165, 1.54) is 18.6 Å². The first-order chi connectivity index (χ1) is 13.6. The summed E-state index contributed by atoms with van der Waals surface area (Å²) < 4.78 is 10.1. The molecule has 2 amide bonds. The van der Waals surface area contributed by atoms with Crippen LogP contribution in [0.15, 0.2) is 63.1 Å². The Bertz CT molecular complexity index is 1130. The van der Waals surface area contributed by atoms with E-state index in [1.54, 1.807) is 23.5 Å². The van der Waals surface area contributed by atoms with Crippen LogP contribution in [0.4, 0.5) is 11.7 Å². The van der Waals surface area contributed by atoms with E-state index in [2.05, 4.69) is 20.6 Å². The number of thiazole rings is 1. The summed E-state index contributed by atoms with van der Waals surface area (Å²) in [5.41, 5.74) is 2.37. The van der Waals surface area contributed by atoms with E-state index < -0.39 is 11.8 Å². The maximum absolute atomic E-state index is 12.4. The molecule has 3 aromatic heterocycles. The lowest BCUT2D eigenvalue weighted by atomic mass is 10.1. The van der Waals surface area contributed by atoms with E-state index in [0.717, 1.165) is 16.3 Å². The summed E-state index contributed by atoms with van der Waals surface area (Å²) in [5.74, 6) is -0.878. The normalized spacial score (nSPS) is 10.6. The van der Waals surface area contributed by atoms with E-state index in [-0.39, 0.29) is 17.5 Å². The Morgan fingerprint density at radius 2 is 1.93 bits per heavy atom. The minimum Gasteiger partial charge on any atom is -0.459 e. The molecule has 0 radical (unpaired) electrons. The van der Waals surface area contributed by atoms with Crippen LogP contribution in [0.2, 0.25) is 0 Å². The van der Waals surface area contributed by atoms with Crippen LogP contribution in [0.1, 0.15) is 26.1 Å². The first-order valence-electron chi connectivity index (χ1n) is 8.23. The second kappa shape index (κ2) is 7.49. The Hall–Kier alpha value is -3.72. The Labute approximate surface area is 163 Å². The van der Waals surface area contributed by atoms with E-state index in [9.17, 15) is 9.59 Å². The number of nitrogens with one attached hydrogen (secondary N) is 2. The maximum atomic E-state index is 12.4. The molecule has 0 aliphatic rings. The van der Waals surface area contributed by atoms with Crippen molar-refractivity contribution in [3.8, 4) is 11.3 Å². The fraction of sp³-hybridized carbons (Fsp3) is 0.0526. The van der Waals surface area contributed by atoms with Gasteiger partial charge >= 0.3 is 6.01 Å². The van der Waals surface area contributed by atoms with Crippen molar-refractivity contribution < 1.29 is 18.4 Å². The van der Waals surface area contributed by atoms with Gasteiger partial charge in [0.15, 0.2) is 11.5 Å². The average molecular weight is 394 g/mol. The topological polar surface area (TPSA) is 110 Å². The van der Waals surface area contributed by atoms with Crippen LogP contribution in [0.5, 0.6) is 0 Å². The molecule has 0 spiro atoms. The second-order valence-corrected chi connectivity index (χ2v) is 6.82. The molecule has 4 aromatic rings. The number of amides is 2. The minimum absolute atomic E-state index is 0.0321. The fourth-order valence-electron chi connectivity index (χ4n) is 2.45. The molecular formula is C19H14N4O4S. The average Bonchev–Trinajstić information content (AvgIpc) is 3.43. The zero-order chi connectivity index (χ0) is 19.5. The zero-order valence-corrected chi connectivity index (χ0v) is 15.4. The summed E-state index contributed by atoms with van der Waals surface area (Å²) in [6.45, 7) is 1.94. The smallest absolute Gasteiger partial charge is 0.302 e. The Morgan fingerprint density at radius 3 is 2.68 bits per heavy atom. The zero-order valence-electron chi connectivity index (χ0n) is 14.6. The highest BCUT2D eigenvalue weighted by Gasteiger charge is 2.16. The monoisotopic (exact) mass is 394 g/mol. The van der Waals surface area contributed by atoms with E-state index in [1.807, 2.05) is 30.5 Å². The molecule has 0 fully saturated rings. The molecule has 0 aliphatic heterocycles. The molecule has 1 aromatic carbocycles. The SMILES string of the molecule is Cc1nc(-c2cccc(NC(=O)c3coc(NC(=O)c4ccco4)n3)c2)cs1. The number of nitrogens with zero attached hydrogens (tertiary/aromatic N) is 2. The Balaban J connectivity index is 1.44. The molecule has 9 heteroatoms. The molecule has 3 heterocycles. The molecule has 0 bridgehead atoms. The molecule has 28 heavy (non-hydrogen) atoms. The van der Waals surface area contributed by atoms with Crippen molar-refractivity contribution in [3.63, 3.8) is 0 Å². The molecule has 4 rings (SSSR count). The molecule has 140 valence electrons. The number of aromatic nitrogens is 2. The third kappa shape index (κ3) is 3.84. The highest BCUT2D eigenvalue weighted by Crippen LogP contribution is 2.24. The standard InChI is InChI=1S/C19H14N4O4S/c1-11-20-15(10-28-11)12-4-2-5-13(8-12)21-17(24)14-9-27-19(22-14)23-18(25)16-6-3-7-26-16/h2-10H,1H3,(H,21,24)(H,22,23,25). The van der Waals surface area contributed by atoms with Crippen LogP contribution in [0.25, 0.3) is 11.3 Å². The van der Waals surface area contributed by atoms with Gasteiger partial charge in [-0.15, -0.1) is 11.3 Å². The molecular weight excluding hydrogens is 380 g/mol. The highest BCUT2D eigenvalue weighted by molar-refractivity contribution is 7.09. The third-order valence-corrected chi connectivity index (χ3v) is 4.51. The largest absolute Gasteiger partial charge is 0.459 e. The van der Waals surface area contributed by atoms with Crippen LogP contribution in [0, 0.1) is 6.92 Å². The van der Waals surface area contributed by atoms with Crippen molar-refractivity contribution in [2.24, 2.45) is 0 Å². The number of carbonyl (C=O) groups excluding carboxylic acids is 2. The van der Waals surface area contributed by atoms with Crippen LogP contribution < -0.4 is 10.6 Å². The molecule has 8 nitrogen and oxygen atoms in total. The summed E-state index contributed by atoms with van der Waals surface area (Å²) in [5, 5.41) is 8.10. The minimum atomic E-state index is -0.523. The van der Waals surface area contributed by atoms with Crippen LogP contribution in [0.3, 0.4) is 0 Å². The van der Waals surface area contributed by atoms with Crippen LogP contribution in [-0.4, -0.2) is 21.8 Å². The predicted octanol–water partition coefficient (Wildman–Crippen LogP) is 4.20. The van der Waals surface area contributed by atoms with Gasteiger partial charge in [0.2, 0.25) is 0 Å². The van der Waals surface area contributed by atoms with Crippen molar-refractivity contribution in [1.82, 2.24) is 9.97 Å². The predicted molar refractivity (Wildman–Crippen MR) is 103 cm³/mol. The number of aryl methyl sites for hydroxylation is 1. The van der Waals surface area contributed by atoms with Gasteiger partial charge in [-0.25, -0.2) is 4.98 Å². The van der Waals surface area contributed by atoms with Gasteiger partial charge in [0.05, 0.1) is 17.0 Å². The van der Waals surface area contributed by atoms with Crippen molar-refractivity contribution in [3.05, 3.63) is 70.8 Å². The maximum Gasteiger partial charge on any atom is 0.302 e. The molecule has 0 unspecified atom stereocenters. The van der Waals surface area contributed by atoms with Gasteiger partial charge in [-0.05, 0) is 31.2 Å². The molecule has 0 atom stereocenters. The number of hydrogen-bond donors (Lipinski definition) is 2. The summed E-state index contributed by atoms with van der Waals surface area (Å²) in [4.78, 5) is 32.7. The van der Waals surface area contributed by atoms with Gasteiger partial charge in [0.25, 0.3) is 11.8 Å². The third-order valence-electron chi connectivity index (χ3n) is 3.74. The number of benzene rings is 1. The lowest BCUT2D eigenvalue weighted by Crippen LogP contribution is -2.14. The molecule has 2 N–H and O–H groups in total. The lowest BCUT2D eigenvalue weighted by molar-refractivity contribution is 0.0990. The van der Waals surface area contributed by atoms with Gasteiger partial charge in [-0.3, -0.25) is 14.9 Å². The Kier molecular flexibility index (Phi) is 4.73. The summed E-state index contributed by atoms with van der Waals surface area (Å²) in [7, 11) is 0. The summed E-state index contributed by atoms with van der Waals surface area (Å²) in [6, 6.07) is 10.3. The van der Waals surface area contributed by atoms with E-state index >= 15 is 0 Å². The Morgan fingerprint density at radius 1 is 1.04 bits per heavy atom. The van der Waals surface area contributed by atoms with E-state index in [0.29, 0.717) is 5.69 Å². The number of hydrogen-bond acceptors (Lipinski definition) is 7. The summed E-state index contributed by atoms with van der Waals surface area (Å²) >= 11 is 1.56. The highest BCUT2D eigenvalue weighted by atomic mass is 32.1. The van der Waals surface area contributed by atoms with Crippen LogP contribution in [-0.2, 0) is 0 Å². The number of rotatable bonds is 5. The van der Waals surface area contributed by atoms with Gasteiger partial charge in [-0.2, -0.15) is 4.98 Å². The van der Waals surface area contributed by atoms with Gasteiger partial charge in [0, 0.05) is 16.6 Å². The first-order valence-corrected chi connectivity index (χ1v) is 9.11. The molecule has 0 saturated carbocycles. The summed E-state index contributed by atoms with van der Waals surface area (Å²) in [6.07, 6.45) is 2.55. The van der Waals surface area contributed by atoms with Gasteiger partial charge in [0.1, 0.15) is 6.26 Å². The lowest BCUT2D eigenvalue weighted by Gasteiger charge is -2.04. The fourth-order valence-corrected chi connectivity index (χ4v) is 3.07. The first kappa shape index (κ1) is 17.7. The molecule has 0 saturated heterocycles. The van der Waals surface area contributed by atoms with Crippen molar-refractivity contribution in [1.29, 1.82) is 0 Å². The van der Waals surface area contributed by atoms with Crippen LogP contribution >= 0.6 is 11.3 Å². The van der Waals surface area contributed by atoms with Crippen molar-refractivity contribution in [2.45, 2.75) is 6.92 Å². The molecule has 0 aliphatic carbocycles. The van der Waals surface area contributed by atoms with Crippen molar-refractivity contribution in [2.75, 3.05) is 10.6 Å². The number of furan rings is 1. The quantitative estimate of drug-likeness (QED) is 0.525. The van der Waals surface area contributed by atoms with Crippen molar-refractivity contribution >= 4 is 34.9 Å². The number of oxazole rings is 1. The van der Waals surface area contributed by atoms with Gasteiger partial charge in [-0.1, -0.05) is 12.1 Å². The number of anilines is 2. The second-order valence-electron chi connectivity index (χ2n) is 5.76.